The van der Waals surface area contributed by atoms with Crippen molar-refractivity contribution in [3.05, 3.63) is 69.9 Å². The molecule has 10 heteroatoms. The molecule has 0 saturated heterocycles. The molecular formula is C35H53F4O5P. The number of hydrogen-bond donors (Lipinski definition) is 0. The van der Waals surface area contributed by atoms with Crippen molar-refractivity contribution in [1.29, 1.82) is 0 Å². The fourth-order valence-corrected chi connectivity index (χ4v) is 4.72. The quantitative estimate of drug-likeness (QED) is 0.0500. The van der Waals surface area contributed by atoms with E-state index >= 15 is 0 Å². The van der Waals surface area contributed by atoms with Crippen LogP contribution in [0.4, 0.5) is 17.6 Å². The molecule has 0 aliphatic carbocycles. The Bertz CT molecular complexity index is 1120. The maximum atomic E-state index is 14.4. The number of alkyl halides is 4. The minimum absolute atomic E-state index is 0.391. The van der Waals surface area contributed by atoms with Crippen LogP contribution >= 0.6 is 7.60 Å². The second-order valence-electron chi connectivity index (χ2n) is 12.3. The molecule has 0 aromatic heterocycles. The van der Waals surface area contributed by atoms with Crippen LogP contribution in [0, 0.1) is 0 Å². The first kappa shape index (κ1) is 42.6. The van der Waals surface area contributed by atoms with Crippen LogP contribution in [0.2, 0.25) is 0 Å². The van der Waals surface area contributed by atoms with Gasteiger partial charge in [-0.25, -0.2) is 0 Å². The summed E-state index contributed by atoms with van der Waals surface area (Å²) in [5.74, 6) is -11.2. The van der Waals surface area contributed by atoms with Crippen molar-refractivity contribution in [2.75, 3.05) is 19.9 Å². The number of ketones is 2. The number of carbonyl (C=O) groups excluding carboxylic acids is 2. The average molecular weight is 661 g/mol. The van der Waals surface area contributed by atoms with Crippen LogP contribution in [0.1, 0.15) is 107 Å². The van der Waals surface area contributed by atoms with Crippen molar-refractivity contribution < 1.29 is 40.8 Å². The molecule has 45 heavy (non-hydrogen) atoms. The van der Waals surface area contributed by atoms with Gasteiger partial charge in [-0.2, -0.15) is 17.6 Å². The second kappa shape index (κ2) is 20.7. The molecule has 0 spiro atoms. The third-order valence-electron chi connectivity index (χ3n) is 6.68. The molecule has 0 heterocycles. The van der Waals surface area contributed by atoms with E-state index in [1.54, 1.807) is 13.8 Å². The molecule has 5 nitrogen and oxygen atoms in total. The predicted octanol–water partition coefficient (Wildman–Crippen LogP) is 11.1. The van der Waals surface area contributed by atoms with E-state index in [-0.39, 0.29) is 0 Å². The van der Waals surface area contributed by atoms with Gasteiger partial charge in [-0.15, -0.1) is 0 Å². The van der Waals surface area contributed by atoms with E-state index in [1.165, 1.54) is 11.1 Å². The van der Waals surface area contributed by atoms with Crippen LogP contribution in [0.15, 0.2) is 69.9 Å². The Morgan fingerprint density at radius 3 is 1.16 bits per heavy atom. The molecule has 0 aliphatic heterocycles. The molecule has 0 rings (SSSR count). The Labute approximate surface area is 268 Å². The topological polar surface area (TPSA) is 69.7 Å². The first-order valence-electron chi connectivity index (χ1n) is 15.3. The van der Waals surface area contributed by atoms with E-state index in [4.69, 9.17) is 0 Å². The van der Waals surface area contributed by atoms with Gasteiger partial charge in [0.25, 0.3) is 0 Å². The molecule has 0 aliphatic rings. The van der Waals surface area contributed by atoms with Crippen LogP contribution < -0.4 is 0 Å². The van der Waals surface area contributed by atoms with Crippen LogP contribution in [0.5, 0.6) is 0 Å². The highest BCUT2D eigenvalue weighted by molar-refractivity contribution is 7.52. The SMILES string of the molecule is CC(C)=CCCC(C)=CCCC(C)=CC(=O)C(F)(F)COP(C)(=O)OCC(F)(F)C(=O)C=C(C)CCC=C(C)CCC=C(C)C. The maximum Gasteiger partial charge on any atom is 0.332 e. The zero-order valence-electron chi connectivity index (χ0n) is 28.5. The Morgan fingerprint density at radius 2 is 0.844 bits per heavy atom. The molecule has 0 radical (unpaired) electrons. The summed E-state index contributed by atoms with van der Waals surface area (Å²) in [5.41, 5.74) is 5.64. The minimum atomic E-state index is -4.45. The fraction of sp³-hybridized carbons (Fsp3) is 0.600. The summed E-state index contributed by atoms with van der Waals surface area (Å²) in [6.07, 6.45) is 15.4. The third-order valence-corrected chi connectivity index (χ3v) is 7.88. The monoisotopic (exact) mass is 660 g/mol. The summed E-state index contributed by atoms with van der Waals surface area (Å²) in [7, 11) is -4.45. The minimum Gasteiger partial charge on any atom is -0.302 e. The summed E-state index contributed by atoms with van der Waals surface area (Å²) < 4.78 is 79.3. The summed E-state index contributed by atoms with van der Waals surface area (Å²) in [4.78, 5) is 24.3. The molecule has 0 bridgehead atoms. The number of allylic oxidation sites excluding steroid dienone is 12. The number of carbonyl (C=O) groups is 2. The van der Waals surface area contributed by atoms with Crippen molar-refractivity contribution in [1.82, 2.24) is 0 Å². The summed E-state index contributed by atoms with van der Waals surface area (Å²) in [5, 5.41) is 0. The van der Waals surface area contributed by atoms with Gasteiger partial charge in [0.15, 0.2) is 0 Å². The lowest BCUT2D eigenvalue weighted by atomic mass is 10.0. The average Bonchev–Trinajstić information content (AvgIpc) is 2.90. The van der Waals surface area contributed by atoms with Crippen molar-refractivity contribution in [3.8, 4) is 0 Å². The molecule has 0 aromatic carbocycles. The van der Waals surface area contributed by atoms with Crippen LogP contribution in [0.3, 0.4) is 0 Å². The zero-order chi connectivity index (χ0) is 34.8. The standard InChI is InChI=1S/C35H53F4O5P/c1-26(2)14-10-16-28(5)18-12-20-30(7)22-32(40)34(36,37)24-43-45(9,42)44-25-35(38,39)33(41)23-31(8)21-13-19-29(6)17-11-15-27(3)4/h14-15,18-19,22-23H,10-13,16-17,20-21,24-25H2,1-9H3. The van der Waals surface area contributed by atoms with Gasteiger partial charge >= 0.3 is 19.4 Å². The highest BCUT2D eigenvalue weighted by atomic mass is 31.2. The lowest BCUT2D eigenvalue weighted by molar-refractivity contribution is -0.144. The molecule has 0 unspecified atom stereocenters. The Kier molecular flexibility index (Phi) is 19.6. The van der Waals surface area contributed by atoms with Gasteiger partial charge < -0.3 is 9.05 Å². The van der Waals surface area contributed by atoms with Gasteiger partial charge in [-0.05, 0) is 119 Å². The molecule has 0 aromatic rings. The van der Waals surface area contributed by atoms with Crippen LogP contribution in [0.25, 0.3) is 0 Å². The molecular weight excluding hydrogens is 607 g/mol. The molecule has 0 saturated carbocycles. The van der Waals surface area contributed by atoms with Gasteiger partial charge in [0.1, 0.15) is 13.2 Å². The lowest BCUT2D eigenvalue weighted by Crippen LogP contribution is -2.34. The summed E-state index contributed by atoms with van der Waals surface area (Å²) in [6, 6.07) is 0. The molecule has 0 amide bonds. The van der Waals surface area contributed by atoms with Crippen LogP contribution in [-0.2, 0) is 23.2 Å². The normalized spacial score (nSPS) is 15.0. The first-order valence-corrected chi connectivity index (χ1v) is 17.3. The highest BCUT2D eigenvalue weighted by Gasteiger charge is 2.42. The highest BCUT2D eigenvalue weighted by Crippen LogP contribution is 2.46. The maximum absolute atomic E-state index is 14.4. The Hall–Kier alpha value is -2.35. The Morgan fingerprint density at radius 1 is 0.556 bits per heavy atom. The molecule has 0 N–H and O–H groups in total. The van der Waals surface area contributed by atoms with Gasteiger partial charge in [0, 0.05) is 6.66 Å². The van der Waals surface area contributed by atoms with E-state index in [0.717, 1.165) is 55.6 Å². The smallest absolute Gasteiger partial charge is 0.302 e. The van der Waals surface area contributed by atoms with E-state index in [9.17, 15) is 31.7 Å². The summed E-state index contributed by atoms with van der Waals surface area (Å²) in [6.45, 7) is 12.7. The largest absolute Gasteiger partial charge is 0.332 e. The van der Waals surface area contributed by atoms with Crippen LogP contribution in [-0.4, -0.2) is 43.3 Å². The van der Waals surface area contributed by atoms with E-state index in [1.807, 2.05) is 53.7 Å². The Balaban J connectivity index is 4.89. The third kappa shape index (κ3) is 21.1. The number of halogens is 4. The van der Waals surface area contributed by atoms with Crippen molar-refractivity contribution in [3.63, 3.8) is 0 Å². The van der Waals surface area contributed by atoms with E-state index in [0.29, 0.717) is 36.8 Å². The summed E-state index contributed by atoms with van der Waals surface area (Å²) >= 11 is 0. The van der Waals surface area contributed by atoms with E-state index in [2.05, 4.69) is 21.2 Å². The molecule has 0 fully saturated rings. The van der Waals surface area contributed by atoms with Crippen molar-refractivity contribution in [2.24, 2.45) is 0 Å². The van der Waals surface area contributed by atoms with Gasteiger partial charge in [-0.1, -0.05) is 57.7 Å². The fourth-order valence-electron chi connectivity index (χ4n) is 3.85. The van der Waals surface area contributed by atoms with Gasteiger partial charge in [0.2, 0.25) is 11.6 Å². The molecule has 0 atom stereocenters. The number of rotatable bonds is 22. The van der Waals surface area contributed by atoms with Crippen molar-refractivity contribution >= 4 is 19.2 Å². The van der Waals surface area contributed by atoms with Gasteiger partial charge in [-0.3, -0.25) is 14.2 Å². The van der Waals surface area contributed by atoms with E-state index < -0.39 is 44.2 Å². The second-order valence-corrected chi connectivity index (χ2v) is 14.3. The zero-order valence-corrected chi connectivity index (χ0v) is 29.4. The molecule has 256 valence electrons. The number of hydrogen-bond acceptors (Lipinski definition) is 5. The predicted molar refractivity (Wildman–Crippen MR) is 176 cm³/mol. The van der Waals surface area contributed by atoms with Gasteiger partial charge in [0.05, 0.1) is 0 Å². The van der Waals surface area contributed by atoms with Crippen molar-refractivity contribution in [2.45, 2.75) is 119 Å². The first-order chi connectivity index (χ1) is 20.7. The lowest BCUT2D eigenvalue weighted by Gasteiger charge is -2.20.